The molecule has 30 heavy (non-hydrogen) atoms. The van der Waals surface area contributed by atoms with Crippen molar-refractivity contribution < 1.29 is 4.74 Å². The molecule has 3 aliphatic rings. The average molecular weight is 407 g/mol. The number of piperidine rings is 1. The van der Waals surface area contributed by atoms with Crippen LogP contribution in [-0.4, -0.2) is 68.3 Å². The molecule has 0 aromatic heterocycles. The number of likely N-dealkylation sites (tertiary alicyclic amines) is 1. The number of hydrogen-bond acceptors (Lipinski definition) is 5. The molecule has 2 atom stereocenters. The molecule has 160 valence electrons. The van der Waals surface area contributed by atoms with Gasteiger partial charge < -0.3 is 9.64 Å². The van der Waals surface area contributed by atoms with Gasteiger partial charge in [-0.25, -0.2) is 5.43 Å². The predicted octanol–water partition coefficient (Wildman–Crippen LogP) is 2.92. The van der Waals surface area contributed by atoms with Gasteiger partial charge in [0.2, 0.25) is 0 Å². The fourth-order valence-electron chi connectivity index (χ4n) is 5.32. The molecule has 0 spiro atoms. The lowest BCUT2D eigenvalue weighted by Gasteiger charge is -2.41. The molecule has 3 aliphatic heterocycles. The first-order chi connectivity index (χ1) is 14.9. The van der Waals surface area contributed by atoms with E-state index in [4.69, 9.17) is 4.74 Å². The summed E-state index contributed by atoms with van der Waals surface area (Å²) in [5.74, 6) is 0.604. The third kappa shape index (κ3) is 4.61. The van der Waals surface area contributed by atoms with Crippen molar-refractivity contribution in [2.45, 2.75) is 24.9 Å². The van der Waals surface area contributed by atoms with Gasteiger partial charge in [-0.05, 0) is 42.6 Å². The molecule has 0 amide bonds. The SMILES string of the molecule is c1ccc(-c2ccc(C3NNCC3CN3CCC(N4CCOCC4)CC3)cc2)cc1. The first-order valence-corrected chi connectivity index (χ1v) is 11.5. The Bertz CT molecular complexity index is 783. The van der Waals surface area contributed by atoms with E-state index in [0.717, 1.165) is 38.9 Å². The Kier molecular flexibility index (Phi) is 6.44. The van der Waals surface area contributed by atoms with E-state index in [1.54, 1.807) is 0 Å². The molecule has 2 N–H and O–H groups in total. The highest BCUT2D eigenvalue weighted by atomic mass is 16.5. The van der Waals surface area contributed by atoms with Crippen LogP contribution in [0.1, 0.15) is 24.4 Å². The van der Waals surface area contributed by atoms with E-state index >= 15 is 0 Å². The largest absolute Gasteiger partial charge is 0.379 e. The second-order valence-electron chi connectivity index (χ2n) is 8.93. The van der Waals surface area contributed by atoms with Crippen LogP contribution >= 0.6 is 0 Å². The van der Waals surface area contributed by atoms with Crippen molar-refractivity contribution in [2.75, 3.05) is 52.5 Å². The molecule has 5 rings (SSSR count). The number of ether oxygens (including phenoxy) is 1. The van der Waals surface area contributed by atoms with Crippen LogP contribution in [-0.2, 0) is 4.74 Å². The first-order valence-electron chi connectivity index (χ1n) is 11.5. The van der Waals surface area contributed by atoms with Gasteiger partial charge >= 0.3 is 0 Å². The zero-order chi connectivity index (χ0) is 20.2. The highest BCUT2D eigenvalue weighted by Crippen LogP contribution is 2.29. The van der Waals surface area contributed by atoms with Gasteiger partial charge in [0, 0.05) is 38.1 Å². The summed E-state index contributed by atoms with van der Waals surface area (Å²) in [7, 11) is 0. The number of morpholine rings is 1. The summed E-state index contributed by atoms with van der Waals surface area (Å²) in [6.07, 6.45) is 2.59. The summed E-state index contributed by atoms with van der Waals surface area (Å²) in [6, 6.07) is 20.9. The molecular formula is C25H34N4O. The average Bonchev–Trinajstić information content (AvgIpc) is 3.29. The number of nitrogens with one attached hydrogen (secondary N) is 2. The Morgan fingerprint density at radius 3 is 2.27 bits per heavy atom. The minimum Gasteiger partial charge on any atom is -0.379 e. The van der Waals surface area contributed by atoms with Crippen LogP contribution in [0.5, 0.6) is 0 Å². The second-order valence-corrected chi connectivity index (χ2v) is 8.93. The van der Waals surface area contributed by atoms with Crippen LogP contribution in [0, 0.1) is 5.92 Å². The van der Waals surface area contributed by atoms with E-state index in [1.807, 2.05) is 0 Å². The number of hydrogen-bond donors (Lipinski definition) is 2. The lowest BCUT2D eigenvalue weighted by Crippen LogP contribution is -2.49. The molecular weight excluding hydrogens is 372 g/mol. The zero-order valence-corrected chi connectivity index (χ0v) is 17.8. The van der Waals surface area contributed by atoms with Gasteiger partial charge in [0.05, 0.1) is 19.3 Å². The topological polar surface area (TPSA) is 39.8 Å². The van der Waals surface area contributed by atoms with Crippen LogP contribution in [0.2, 0.25) is 0 Å². The van der Waals surface area contributed by atoms with Crippen molar-refractivity contribution in [1.29, 1.82) is 0 Å². The smallest absolute Gasteiger partial charge is 0.0594 e. The van der Waals surface area contributed by atoms with Crippen molar-refractivity contribution in [1.82, 2.24) is 20.7 Å². The molecule has 3 fully saturated rings. The van der Waals surface area contributed by atoms with Gasteiger partial charge in [0.15, 0.2) is 0 Å². The molecule has 3 saturated heterocycles. The summed E-state index contributed by atoms with van der Waals surface area (Å²) >= 11 is 0. The summed E-state index contributed by atoms with van der Waals surface area (Å²) < 4.78 is 5.52. The maximum atomic E-state index is 5.52. The van der Waals surface area contributed by atoms with Gasteiger partial charge in [0.1, 0.15) is 0 Å². The van der Waals surface area contributed by atoms with Crippen molar-refractivity contribution in [3.63, 3.8) is 0 Å². The van der Waals surface area contributed by atoms with Gasteiger partial charge in [-0.15, -0.1) is 0 Å². The normalized spacial score (nSPS) is 26.8. The van der Waals surface area contributed by atoms with E-state index in [1.165, 1.54) is 49.2 Å². The first kappa shape index (κ1) is 20.2. The number of hydrazine groups is 1. The minimum absolute atomic E-state index is 0.381. The van der Waals surface area contributed by atoms with E-state index in [2.05, 4.69) is 75.2 Å². The maximum absolute atomic E-state index is 5.52. The number of rotatable bonds is 5. The van der Waals surface area contributed by atoms with Crippen LogP contribution in [0.25, 0.3) is 11.1 Å². The van der Waals surface area contributed by atoms with Gasteiger partial charge in [0.25, 0.3) is 0 Å². The predicted molar refractivity (Wildman–Crippen MR) is 121 cm³/mol. The summed E-state index contributed by atoms with van der Waals surface area (Å²) in [5.41, 5.74) is 10.9. The van der Waals surface area contributed by atoms with Gasteiger partial charge in [-0.2, -0.15) is 0 Å². The molecule has 5 nitrogen and oxygen atoms in total. The molecule has 5 heteroatoms. The number of benzene rings is 2. The van der Waals surface area contributed by atoms with E-state index in [0.29, 0.717) is 12.0 Å². The van der Waals surface area contributed by atoms with E-state index in [9.17, 15) is 0 Å². The molecule has 0 saturated carbocycles. The Balaban J connectivity index is 1.17. The van der Waals surface area contributed by atoms with Crippen molar-refractivity contribution in [2.24, 2.45) is 5.92 Å². The molecule has 2 unspecified atom stereocenters. The fraction of sp³-hybridized carbons (Fsp3) is 0.520. The highest BCUT2D eigenvalue weighted by molar-refractivity contribution is 5.63. The van der Waals surface area contributed by atoms with Crippen LogP contribution < -0.4 is 10.9 Å². The molecule has 0 radical (unpaired) electrons. The lowest BCUT2D eigenvalue weighted by molar-refractivity contribution is -0.000315. The second kappa shape index (κ2) is 9.58. The highest BCUT2D eigenvalue weighted by Gasteiger charge is 2.32. The Hall–Kier alpha value is -1.76. The molecule has 2 aromatic carbocycles. The van der Waals surface area contributed by atoms with Crippen LogP contribution in [0.3, 0.4) is 0 Å². The van der Waals surface area contributed by atoms with E-state index < -0.39 is 0 Å². The summed E-state index contributed by atoms with van der Waals surface area (Å²) in [5, 5.41) is 0. The van der Waals surface area contributed by atoms with E-state index in [-0.39, 0.29) is 0 Å². The quantitative estimate of drug-likeness (QED) is 0.799. The standard InChI is InChI=1S/C25H34N4O/c1-2-4-20(5-3-1)21-6-8-22(9-7-21)25-23(18-26-27-25)19-28-12-10-24(11-13-28)29-14-16-30-17-15-29/h1-9,23-27H,10-19H2. The van der Waals surface area contributed by atoms with Crippen molar-refractivity contribution in [3.05, 3.63) is 60.2 Å². The summed E-state index contributed by atoms with van der Waals surface area (Å²) in [4.78, 5) is 5.33. The Labute approximate surface area is 180 Å². The molecule has 0 bridgehead atoms. The number of nitrogens with zero attached hydrogens (tertiary/aromatic N) is 2. The fourth-order valence-corrected chi connectivity index (χ4v) is 5.32. The minimum atomic E-state index is 0.381. The maximum Gasteiger partial charge on any atom is 0.0594 e. The Morgan fingerprint density at radius 2 is 1.53 bits per heavy atom. The van der Waals surface area contributed by atoms with Crippen molar-refractivity contribution in [3.8, 4) is 11.1 Å². The van der Waals surface area contributed by atoms with Gasteiger partial charge in [-0.3, -0.25) is 10.3 Å². The monoisotopic (exact) mass is 406 g/mol. The third-order valence-electron chi connectivity index (χ3n) is 7.08. The zero-order valence-electron chi connectivity index (χ0n) is 17.8. The lowest BCUT2D eigenvalue weighted by atomic mass is 9.92. The Morgan fingerprint density at radius 1 is 0.833 bits per heavy atom. The molecule has 2 aromatic rings. The molecule has 3 heterocycles. The third-order valence-corrected chi connectivity index (χ3v) is 7.08. The van der Waals surface area contributed by atoms with Crippen molar-refractivity contribution >= 4 is 0 Å². The van der Waals surface area contributed by atoms with Crippen LogP contribution in [0.15, 0.2) is 54.6 Å². The van der Waals surface area contributed by atoms with Gasteiger partial charge in [-0.1, -0.05) is 54.6 Å². The molecule has 0 aliphatic carbocycles. The summed E-state index contributed by atoms with van der Waals surface area (Å²) in [6.45, 7) is 8.69. The van der Waals surface area contributed by atoms with Crippen LogP contribution in [0.4, 0.5) is 0 Å².